The summed E-state index contributed by atoms with van der Waals surface area (Å²) in [7, 11) is -0.936. The molecule has 3 rings (SSSR count). The minimum atomic E-state index is -3.84. The predicted octanol–water partition coefficient (Wildman–Crippen LogP) is 3.36. The van der Waals surface area contributed by atoms with E-state index in [1.807, 2.05) is 32.0 Å². The number of anilines is 1. The van der Waals surface area contributed by atoms with Crippen LogP contribution in [0.1, 0.15) is 24.0 Å². The number of ether oxygens (including phenoxy) is 2. The molecule has 0 bridgehead atoms. The summed E-state index contributed by atoms with van der Waals surface area (Å²) in [5.41, 5.74) is 2.78. The van der Waals surface area contributed by atoms with Crippen molar-refractivity contribution in [3.05, 3.63) is 47.5 Å². The summed E-state index contributed by atoms with van der Waals surface area (Å²) in [6.07, 6.45) is 1.24. The molecule has 0 aromatic heterocycles. The lowest BCUT2D eigenvalue weighted by molar-refractivity contribution is -0.120. The number of sulfonamides is 1. The Morgan fingerprint density at radius 1 is 1.10 bits per heavy atom. The third kappa shape index (κ3) is 4.60. The summed E-state index contributed by atoms with van der Waals surface area (Å²) in [6, 6.07) is 10.5. The van der Waals surface area contributed by atoms with Crippen LogP contribution in [0.5, 0.6) is 11.5 Å². The number of hydrogen-bond acceptors (Lipinski definition) is 5. The molecule has 30 heavy (non-hydrogen) atoms. The van der Waals surface area contributed by atoms with Gasteiger partial charge in [-0.25, -0.2) is 8.42 Å². The first-order valence-corrected chi connectivity index (χ1v) is 11.3. The van der Waals surface area contributed by atoms with Crippen molar-refractivity contribution in [3.63, 3.8) is 0 Å². The van der Waals surface area contributed by atoms with Gasteiger partial charge in [-0.3, -0.25) is 4.79 Å². The molecule has 0 spiro atoms. The molecule has 1 aliphatic rings. The second-order valence-corrected chi connectivity index (χ2v) is 9.43. The van der Waals surface area contributed by atoms with E-state index in [0.29, 0.717) is 25.1 Å². The second-order valence-electron chi connectivity index (χ2n) is 7.53. The van der Waals surface area contributed by atoms with E-state index in [2.05, 4.69) is 5.32 Å². The molecule has 0 saturated carbocycles. The number of aryl methyl sites for hydroxylation is 2. The summed E-state index contributed by atoms with van der Waals surface area (Å²) in [5, 5.41) is 2.97. The van der Waals surface area contributed by atoms with Crippen LogP contribution in [0.3, 0.4) is 0 Å². The quantitative estimate of drug-likeness (QED) is 0.757. The van der Waals surface area contributed by atoms with Crippen molar-refractivity contribution in [3.8, 4) is 11.5 Å². The highest BCUT2D eigenvalue weighted by molar-refractivity contribution is 7.89. The smallest absolute Gasteiger partial charge is 0.246 e. The molecule has 1 aliphatic heterocycles. The first-order valence-electron chi connectivity index (χ1n) is 9.86. The monoisotopic (exact) mass is 432 g/mol. The molecule has 1 atom stereocenters. The van der Waals surface area contributed by atoms with Crippen molar-refractivity contribution < 1.29 is 22.7 Å². The molecule has 0 radical (unpaired) electrons. The Labute approximate surface area is 178 Å². The fraction of sp³-hybridized carbons (Fsp3) is 0.409. The van der Waals surface area contributed by atoms with Gasteiger partial charge in [0.1, 0.15) is 16.4 Å². The van der Waals surface area contributed by atoms with Gasteiger partial charge >= 0.3 is 0 Å². The number of piperidine rings is 1. The fourth-order valence-corrected chi connectivity index (χ4v) is 5.30. The van der Waals surface area contributed by atoms with E-state index < -0.39 is 15.9 Å². The highest BCUT2D eigenvalue weighted by Gasteiger charge is 2.35. The van der Waals surface area contributed by atoms with Gasteiger partial charge in [0.25, 0.3) is 0 Å². The molecule has 8 heteroatoms. The van der Waals surface area contributed by atoms with Gasteiger partial charge < -0.3 is 14.8 Å². The topological polar surface area (TPSA) is 84.9 Å². The van der Waals surface area contributed by atoms with E-state index in [1.165, 1.54) is 24.6 Å². The Morgan fingerprint density at radius 3 is 2.57 bits per heavy atom. The average molecular weight is 433 g/mol. The number of carbonyl (C=O) groups is 1. The van der Waals surface area contributed by atoms with Crippen LogP contribution < -0.4 is 14.8 Å². The standard InChI is InChI=1S/C22H28N2O5S/c1-15-7-8-16(2)19(12-15)23-22(25)17-6-5-11-24(14-17)30(26,27)21-13-18(28-3)9-10-20(21)29-4/h7-10,12-13,17H,5-6,11,14H2,1-4H3,(H,23,25)/t17-/m1/s1. The van der Waals surface area contributed by atoms with Crippen molar-refractivity contribution >= 4 is 21.6 Å². The maximum atomic E-state index is 13.3. The van der Waals surface area contributed by atoms with Crippen molar-refractivity contribution in [2.75, 3.05) is 32.6 Å². The Balaban J connectivity index is 1.81. The third-order valence-electron chi connectivity index (χ3n) is 5.39. The fourth-order valence-electron chi connectivity index (χ4n) is 3.60. The molecule has 1 fully saturated rings. The average Bonchev–Trinajstić information content (AvgIpc) is 2.75. The summed E-state index contributed by atoms with van der Waals surface area (Å²) in [6.45, 7) is 4.38. The molecule has 1 N–H and O–H groups in total. The molecular formula is C22H28N2O5S. The van der Waals surface area contributed by atoms with Gasteiger partial charge in [0.2, 0.25) is 15.9 Å². The summed E-state index contributed by atoms with van der Waals surface area (Å²) in [4.78, 5) is 12.9. The minimum Gasteiger partial charge on any atom is -0.497 e. The molecule has 162 valence electrons. The van der Waals surface area contributed by atoms with Crippen molar-refractivity contribution in [1.82, 2.24) is 4.31 Å². The van der Waals surface area contributed by atoms with Crippen LogP contribution in [0.15, 0.2) is 41.3 Å². The minimum absolute atomic E-state index is 0.0416. The Morgan fingerprint density at radius 2 is 1.87 bits per heavy atom. The van der Waals surface area contributed by atoms with Gasteiger partial charge in [-0.05, 0) is 56.0 Å². The lowest BCUT2D eigenvalue weighted by Crippen LogP contribution is -2.43. The molecule has 0 aliphatic carbocycles. The summed E-state index contributed by atoms with van der Waals surface area (Å²) >= 11 is 0. The van der Waals surface area contributed by atoms with Crippen LogP contribution in [-0.4, -0.2) is 45.9 Å². The highest BCUT2D eigenvalue weighted by Crippen LogP contribution is 2.33. The van der Waals surface area contributed by atoms with E-state index in [1.54, 1.807) is 12.1 Å². The molecule has 1 amide bonds. The predicted molar refractivity (Wildman–Crippen MR) is 116 cm³/mol. The molecular weight excluding hydrogens is 404 g/mol. The van der Waals surface area contributed by atoms with Crippen molar-refractivity contribution in [2.45, 2.75) is 31.6 Å². The SMILES string of the molecule is COc1ccc(OC)c(S(=O)(=O)N2CCC[C@@H](C(=O)Nc3cc(C)ccc3C)C2)c1. The van der Waals surface area contributed by atoms with Crippen LogP contribution in [0.2, 0.25) is 0 Å². The van der Waals surface area contributed by atoms with Crippen LogP contribution in [0.4, 0.5) is 5.69 Å². The maximum absolute atomic E-state index is 13.3. The number of methoxy groups -OCH3 is 2. The molecule has 1 heterocycles. The maximum Gasteiger partial charge on any atom is 0.246 e. The van der Waals surface area contributed by atoms with Gasteiger partial charge in [0.05, 0.1) is 20.1 Å². The van der Waals surface area contributed by atoms with E-state index in [9.17, 15) is 13.2 Å². The largest absolute Gasteiger partial charge is 0.497 e. The summed E-state index contributed by atoms with van der Waals surface area (Å²) < 4.78 is 38.4. The lowest BCUT2D eigenvalue weighted by atomic mass is 9.98. The number of hydrogen-bond donors (Lipinski definition) is 1. The lowest BCUT2D eigenvalue weighted by Gasteiger charge is -2.31. The zero-order chi connectivity index (χ0) is 21.9. The van der Waals surface area contributed by atoms with Gasteiger partial charge in [-0.1, -0.05) is 12.1 Å². The number of rotatable bonds is 6. The molecule has 0 unspecified atom stereocenters. The van der Waals surface area contributed by atoms with E-state index in [4.69, 9.17) is 9.47 Å². The molecule has 2 aromatic rings. The Kier molecular flexibility index (Phi) is 6.67. The first kappa shape index (κ1) is 22.1. The number of nitrogens with zero attached hydrogens (tertiary/aromatic N) is 1. The number of benzene rings is 2. The molecule has 7 nitrogen and oxygen atoms in total. The molecule has 1 saturated heterocycles. The highest BCUT2D eigenvalue weighted by atomic mass is 32.2. The van der Waals surface area contributed by atoms with Gasteiger partial charge in [-0.15, -0.1) is 0 Å². The number of carbonyl (C=O) groups excluding carboxylic acids is 1. The van der Waals surface area contributed by atoms with Crippen molar-refractivity contribution in [1.29, 1.82) is 0 Å². The number of amides is 1. The van der Waals surface area contributed by atoms with E-state index in [0.717, 1.165) is 16.8 Å². The van der Waals surface area contributed by atoms with Crippen LogP contribution >= 0.6 is 0 Å². The van der Waals surface area contributed by atoms with E-state index in [-0.39, 0.29) is 23.1 Å². The Bertz CT molecular complexity index is 1040. The van der Waals surface area contributed by atoms with Crippen molar-refractivity contribution in [2.24, 2.45) is 5.92 Å². The van der Waals surface area contributed by atoms with Crippen LogP contribution in [0.25, 0.3) is 0 Å². The van der Waals surface area contributed by atoms with E-state index >= 15 is 0 Å². The summed E-state index contributed by atoms with van der Waals surface area (Å²) in [5.74, 6) is 0.0830. The molecule has 2 aromatic carbocycles. The number of nitrogens with one attached hydrogen (secondary N) is 1. The van der Waals surface area contributed by atoms with Gasteiger partial charge in [0, 0.05) is 24.8 Å². The Hall–Kier alpha value is -2.58. The van der Waals surface area contributed by atoms with Gasteiger partial charge in [-0.2, -0.15) is 4.31 Å². The second kappa shape index (κ2) is 9.06. The third-order valence-corrected chi connectivity index (χ3v) is 7.28. The zero-order valence-corrected chi connectivity index (χ0v) is 18.6. The zero-order valence-electron chi connectivity index (χ0n) is 17.8. The first-order chi connectivity index (χ1) is 14.3. The van der Waals surface area contributed by atoms with Crippen LogP contribution in [-0.2, 0) is 14.8 Å². The normalized spacial score (nSPS) is 17.4. The van der Waals surface area contributed by atoms with Gasteiger partial charge in [0.15, 0.2) is 0 Å². The van der Waals surface area contributed by atoms with Crippen LogP contribution in [0, 0.1) is 19.8 Å².